The second-order valence-corrected chi connectivity index (χ2v) is 7.53. The smallest absolute Gasteiger partial charge is 0.240 e. The number of nitriles is 1. The van der Waals surface area contributed by atoms with Gasteiger partial charge in [-0.1, -0.05) is 6.07 Å². The van der Waals surface area contributed by atoms with Crippen molar-refractivity contribution in [2.24, 2.45) is 0 Å². The molecule has 1 N–H and O–H groups in total. The van der Waals surface area contributed by atoms with Crippen molar-refractivity contribution in [2.45, 2.75) is 23.8 Å². The molecular formula is C17H19N3O3S. The van der Waals surface area contributed by atoms with Crippen molar-refractivity contribution < 1.29 is 12.8 Å². The Morgan fingerprint density at radius 2 is 2.04 bits per heavy atom. The van der Waals surface area contributed by atoms with Gasteiger partial charge in [0.15, 0.2) is 0 Å². The molecule has 0 spiro atoms. The van der Waals surface area contributed by atoms with E-state index in [1.165, 1.54) is 12.1 Å². The zero-order valence-corrected chi connectivity index (χ0v) is 14.0. The highest BCUT2D eigenvalue weighted by atomic mass is 32.2. The van der Waals surface area contributed by atoms with Crippen molar-refractivity contribution in [3.8, 4) is 6.07 Å². The van der Waals surface area contributed by atoms with E-state index in [2.05, 4.69) is 9.62 Å². The molecular weight excluding hydrogens is 326 g/mol. The molecule has 1 aromatic carbocycles. The molecule has 0 bridgehead atoms. The van der Waals surface area contributed by atoms with Crippen molar-refractivity contribution >= 4 is 10.0 Å². The molecule has 6 nitrogen and oxygen atoms in total. The fourth-order valence-corrected chi connectivity index (χ4v) is 4.03. The molecule has 1 aliphatic heterocycles. The number of benzene rings is 1. The molecule has 0 radical (unpaired) electrons. The van der Waals surface area contributed by atoms with Crippen LogP contribution in [-0.2, 0) is 10.0 Å². The Bertz CT molecular complexity index is 819. The van der Waals surface area contributed by atoms with Crippen LogP contribution in [0.4, 0.5) is 0 Å². The molecule has 1 saturated heterocycles. The number of hydrogen-bond donors (Lipinski definition) is 1. The summed E-state index contributed by atoms with van der Waals surface area (Å²) in [5, 5.41) is 8.93. The van der Waals surface area contributed by atoms with E-state index in [0.717, 1.165) is 31.7 Å². The number of likely N-dealkylation sites (tertiary alicyclic amines) is 1. The van der Waals surface area contributed by atoms with E-state index in [1.54, 1.807) is 18.4 Å². The average molecular weight is 345 g/mol. The Kier molecular flexibility index (Phi) is 5.00. The van der Waals surface area contributed by atoms with Crippen molar-refractivity contribution in [1.29, 1.82) is 5.26 Å². The topological polar surface area (TPSA) is 86.3 Å². The zero-order valence-electron chi connectivity index (χ0n) is 13.2. The average Bonchev–Trinajstić information content (AvgIpc) is 3.29. The zero-order chi connectivity index (χ0) is 17.0. The van der Waals surface area contributed by atoms with Crippen LogP contribution in [0.3, 0.4) is 0 Å². The van der Waals surface area contributed by atoms with E-state index >= 15 is 0 Å². The number of hydrogen-bond acceptors (Lipinski definition) is 5. The van der Waals surface area contributed by atoms with E-state index in [0.29, 0.717) is 5.56 Å². The van der Waals surface area contributed by atoms with Gasteiger partial charge in [-0.2, -0.15) is 5.26 Å². The summed E-state index contributed by atoms with van der Waals surface area (Å²) in [6, 6.07) is 11.5. The minimum atomic E-state index is -3.68. The molecule has 126 valence electrons. The first kappa shape index (κ1) is 16.7. The lowest BCUT2D eigenvalue weighted by Crippen LogP contribution is -2.36. The molecule has 2 heterocycles. The van der Waals surface area contributed by atoms with E-state index in [4.69, 9.17) is 9.68 Å². The van der Waals surface area contributed by atoms with Crippen LogP contribution >= 0.6 is 0 Å². The van der Waals surface area contributed by atoms with Crippen LogP contribution in [0.5, 0.6) is 0 Å². The highest BCUT2D eigenvalue weighted by Crippen LogP contribution is 2.25. The van der Waals surface area contributed by atoms with E-state index < -0.39 is 10.0 Å². The fourth-order valence-electron chi connectivity index (χ4n) is 2.95. The largest absolute Gasteiger partial charge is 0.468 e. The summed E-state index contributed by atoms with van der Waals surface area (Å²) >= 11 is 0. The van der Waals surface area contributed by atoms with Gasteiger partial charge in [0.1, 0.15) is 5.76 Å². The first-order valence-corrected chi connectivity index (χ1v) is 9.36. The van der Waals surface area contributed by atoms with Crippen LogP contribution in [0.2, 0.25) is 0 Å². The maximum Gasteiger partial charge on any atom is 0.240 e. The van der Waals surface area contributed by atoms with Crippen molar-refractivity contribution in [2.75, 3.05) is 19.6 Å². The summed E-state index contributed by atoms with van der Waals surface area (Å²) in [7, 11) is -3.68. The standard InChI is InChI=1S/C17H19N3O3S/c18-12-14-5-3-6-15(11-14)24(21,22)19-13-16(17-7-4-10-23-17)20-8-1-2-9-20/h3-7,10-11,16,19H,1-2,8-9,13H2/t16-/m1/s1. The third-order valence-electron chi connectivity index (χ3n) is 4.19. The molecule has 0 aliphatic carbocycles. The maximum absolute atomic E-state index is 12.5. The van der Waals surface area contributed by atoms with Crippen LogP contribution < -0.4 is 4.72 Å². The maximum atomic E-state index is 12.5. The van der Waals surface area contributed by atoms with Gasteiger partial charge in [0, 0.05) is 6.54 Å². The van der Waals surface area contributed by atoms with Gasteiger partial charge < -0.3 is 4.42 Å². The van der Waals surface area contributed by atoms with Crippen molar-refractivity contribution in [3.05, 3.63) is 54.0 Å². The molecule has 1 aliphatic rings. The molecule has 3 rings (SSSR count). The first-order chi connectivity index (χ1) is 11.6. The minimum absolute atomic E-state index is 0.0983. The van der Waals surface area contributed by atoms with Gasteiger partial charge in [0.05, 0.1) is 28.8 Å². The molecule has 7 heteroatoms. The highest BCUT2D eigenvalue weighted by molar-refractivity contribution is 7.89. The molecule has 0 saturated carbocycles. The lowest BCUT2D eigenvalue weighted by atomic mass is 10.2. The highest BCUT2D eigenvalue weighted by Gasteiger charge is 2.27. The van der Waals surface area contributed by atoms with Gasteiger partial charge >= 0.3 is 0 Å². The Morgan fingerprint density at radius 3 is 2.71 bits per heavy atom. The fraction of sp³-hybridized carbons (Fsp3) is 0.353. The summed E-state index contributed by atoms with van der Waals surface area (Å²) in [5.74, 6) is 0.755. The SMILES string of the molecule is N#Cc1cccc(S(=O)(=O)NC[C@H](c2ccco2)N2CCCC2)c1. The predicted molar refractivity (Wildman–Crippen MR) is 88.6 cm³/mol. The summed E-state index contributed by atoms with van der Waals surface area (Å²) < 4.78 is 33.2. The van der Waals surface area contributed by atoms with Gasteiger partial charge in [0.2, 0.25) is 10.0 Å². The monoisotopic (exact) mass is 345 g/mol. The van der Waals surface area contributed by atoms with Crippen LogP contribution in [0.15, 0.2) is 52.0 Å². The summed E-state index contributed by atoms with van der Waals surface area (Å²) in [5.41, 5.74) is 0.319. The van der Waals surface area contributed by atoms with E-state index in [1.807, 2.05) is 18.2 Å². The molecule has 24 heavy (non-hydrogen) atoms. The van der Waals surface area contributed by atoms with Crippen LogP contribution in [0.25, 0.3) is 0 Å². The summed E-state index contributed by atoms with van der Waals surface area (Å²) in [4.78, 5) is 2.33. The first-order valence-electron chi connectivity index (χ1n) is 7.87. The number of furan rings is 1. The predicted octanol–water partition coefficient (Wildman–Crippen LogP) is 2.27. The molecule has 2 aromatic rings. The molecule has 1 fully saturated rings. The number of nitrogens with one attached hydrogen (secondary N) is 1. The summed E-state index contributed by atoms with van der Waals surface area (Å²) in [6.07, 6.45) is 3.81. The Balaban J connectivity index is 1.77. The Labute approximate surface area is 141 Å². The van der Waals surface area contributed by atoms with Gasteiger partial charge in [-0.25, -0.2) is 13.1 Å². The molecule has 0 amide bonds. The third-order valence-corrected chi connectivity index (χ3v) is 5.61. The number of rotatable bonds is 6. The second kappa shape index (κ2) is 7.18. The molecule has 1 atom stereocenters. The minimum Gasteiger partial charge on any atom is -0.468 e. The molecule has 0 unspecified atom stereocenters. The van der Waals surface area contributed by atoms with Crippen LogP contribution in [-0.4, -0.2) is 33.0 Å². The molecule has 1 aromatic heterocycles. The number of sulfonamides is 1. The quantitative estimate of drug-likeness (QED) is 0.868. The lowest BCUT2D eigenvalue weighted by molar-refractivity contribution is 0.216. The summed E-state index contributed by atoms with van der Waals surface area (Å²) in [6.45, 7) is 2.08. The van der Waals surface area contributed by atoms with Crippen LogP contribution in [0.1, 0.15) is 30.2 Å². The second-order valence-electron chi connectivity index (χ2n) is 5.77. The third kappa shape index (κ3) is 3.67. The Morgan fingerprint density at radius 1 is 1.25 bits per heavy atom. The van der Waals surface area contributed by atoms with Gasteiger partial charge in [-0.15, -0.1) is 0 Å². The lowest BCUT2D eigenvalue weighted by Gasteiger charge is -2.25. The van der Waals surface area contributed by atoms with Gasteiger partial charge in [-0.3, -0.25) is 4.90 Å². The van der Waals surface area contributed by atoms with E-state index in [9.17, 15) is 8.42 Å². The normalized spacial score (nSPS) is 16.8. The number of nitrogens with zero attached hydrogens (tertiary/aromatic N) is 2. The van der Waals surface area contributed by atoms with Gasteiger partial charge in [-0.05, 0) is 56.3 Å². The van der Waals surface area contributed by atoms with Gasteiger partial charge in [0.25, 0.3) is 0 Å². The Hall–Kier alpha value is -2.14. The van der Waals surface area contributed by atoms with E-state index in [-0.39, 0.29) is 17.5 Å². The van der Waals surface area contributed by atoms with Crippen LogP contribution in [0, 0.1) is 11.3 Å². The van der Waals surface area contributed by atoms with Crippen molar-refractivity contribution in [3.63, 3.8) is 0 Å². The van der Waals surface area contributed by atoms with Crippen molar-refractivity contribution in [1.82, 2.24) is 9.62 Å².